The lowest BCUT2D eigenvalue weighted by Crippen LogP contribution is -2.31. The second-order valence-electron chi connectivity index (χ2n) is 7.34. The van der Waals surface area contributed by atoms with Crippen molar-refractivity contribution in [1.29, 1.82) is 0 Å². The Balaban J connectivity index is 1.55. The van der Waals surface area contributed by atoms with Crippen LogP contribution in [0.1, 0.15) is 29.7 Å². The van der Waals surface area contributed by atoms with Crippen molar-refractivity contribution in [3.63, 3.8) is 0 Å². The molecule has 8 heteroatoms. The van der Waals surface area contributed by atoms with Gasteiger partial charge in [-0.25, -0.2) is 0 Å². The minimum Gasteiger partial charge on any atom is -0.492 e. The van der Waals surface area contributed by atoms with E-state index in [0.29, 0.717) is 35.2 Å². The van der Waals surface area contributed by atoms with Gasteiger partial charge >= 0.3 is 0 Å². The highest BCUT2D eigenvalue weighted by atomic mass is 16.7. The van der Waals surface area contributed by atoms with Gasteiger partial charge in [-0.15, -0.1) is 0 Å². The molecular weight excluding hydrogens is 412 g/mol. The highest BCUT2D eigenvalue weighted by molar-refractivity contribution is 5.80. The molecule has 1 N–H and O–H groups in total. The molecule has 4 rings (SSSR count). The number of hydrogen-bond acceptors (Lipinski definition) is 8. The molecule has 2 aliphatic heterocycles. The summed E-state index contributed by atoms with van der Waals surface area (Å²) in [6.45, 7) is 3.64. The quantitative estimate of drug-likeness (QED) is 0.321. The number of ether oxygens (including phenoxy) is 5. The van der Waals surface area contributed by atoms with Crippen molar-refractivity contribution in [2.45, 2.75) is 19.4 Å². The van der Waals surface area contributed by atoms with Crippen LogP contribution in [-0.4, -0.2) is 57.0 Å². The number of benzene rings is 2. The number of oxime groups is 1. The Kier molecular flexibility index (Phi) is 6.57. The minimum atomic E-state index is -0.152. The molecular formula is C24H26N2O6. The third-order valence-corrected chi connectivity index (χ3v) is 5.41. The molecule has 0 saturated heterocycles. The number of methoxy groups -OCH3 is 1. The van der Waals surface area contributed by atoms with E-state index in [0.717, 1.165) is 29.8 Å². The summed E-state index contributed by atoms with van der Waals surface area (Å²) in [4.78, 5) is 2.19. The third kappa shape index (κ3) is 4.25. The van der Waals surface area contributed by atoms with Crippen LogP contribution in [0.2, 0.25) is 0 Å². The van der Waals surface area contributed by atoms with Crippen LogP contribution in [0.25, 0.3) is 0 Å². The van der Waals surface area contributed by atoms with Gasteiger partial charge in [0.1, 0.15) is 12.6 Å². The zero-order valence-electron chi connectivity index (χ0n) is 18.4. The predicted molar refractivity (Wildman–Crippen MR) is 118 cm³/mol. The molecule has 1 atom stereocenters. The highest BCUT2D eigenvalue weighted by Gasteiger charge is 2.33. The first-order valence-corrected chi connectivity index (χ1v) is 10.4. The van der Waals surface area contributed by atoms with Crippen molar-refractivity contribution in [2.75, 3.05) is 40.7 Å². The first-order chi connectivity index (χ1) is 15.7. The molecule has 2 aliphatic rings. The fourth-order valence-corrected chi connectivity index (χ4v) is 3.93. The number of likely N-dealkylation sites (N-methyl/N-ethyl adjacent to an activating group) is 1. The summed E-state index contributed by atoms with van der Waals surface area (Å²) >= 11 is 0. The monoisotopic (exact) mass is 438 g/mol. The molecule has 0 bridgehead atoms. The van der Waals surface area contributed by atoms with E-state index in [4.69, 9.17) is 28.9 Å². The van der Waals surface area contributed by atoms with Crippen LogP contribution in [0, 0.1) is 11.8 Å². The smallest absolute Gasteiger partial charge is 0.231 e. The SMILES string of the molecule is CCOc1cc(/C=N\O)ccc1OCC#C[C@H]1c2c(cc3c(c2OC)OCO3)CCN1C. The van der Waals surface area contributed by atoms with E-state index in [9.17, 15) is 0 Å². The van der Waals surface area contributed by atoms with Crippen molar-refractivity contribution in [3.8, 4) is 40.6 Å². The molecule has 168 valence electrons. The Morgan fingerprint density at radius 1 is 1.25 bits per heavy atom. The Morgan fingerprint density at radius 3 is 2.91 bits per heavy atom. The molecule has 8 nitrogen and oxygen atoms in total. The van der Waals surface area contributed by atoms with Crippen LogP contribution in [-0.2, 0) is 6.42 Å². The summed E-state index contributed by atoms with van der Waals surface area (Å²) < 4.78 is 28.4. The summed E-state index contributed by atoms with van der Waals surface area (Å²) in [5.74, 6) is 9.65. The molecule has 0 amide bonds. The van der Waals surface area contributed by atoms with E-state index in [-0.39, 0.29) is 19.4 Å². The molecule has 0 fully saturated rings. The molecule has 0 aliphatic carbocycles. The Hall–Kier alpha value is -3.57. The second-order valence-corrected chi connectivity index (χ2v) is 7.34. The summed E-state index contributed by atoms with van der Waals surface area (Å²) in [7, 11) is 3.68. The predicted octanol–water partition coefficient (Wildman–Crippen LogP) is 3.24. The zero-order chi connectivity index (χ0) is 22.5. The van der Waals surface area contributed by atoms with Crippen LogP contribution in [0.5, 0.6) is 28.7 Å². The first-order valence-electron chi connectivity index (χ1n) is 10.4. The van der Waals surface area contributed by atoms with E-state index < -0.39 is 0 Å². The van der Waals surface area contributed by atoms with Gasteiger partial charge in [-0.05, 0) is 50.2 Å². The van der Waals surface area contributed by atoms with E-state index in [1.807, 2.05) is 20.0 Å². The van der Waals surface area contributed by atoms with Crippen molar-refractivity contribution in [1.82, 2.24) is 4.90 Å². The normalized spacial score (nSPS) is 16.9. The van der Waals surface area contributed by atoms with Gasteiger partial charge in [0, 0.05) is 17.7 Å². The average Bonchev–Trinajstić information content (AvgIpc) is 3.26. The average molecular weight is 438 g/mol. The number of nitrogens with zero attached hydrogens (tertiary/aromatic N) is 2. The van der Waals surface area contributed by atoms with Crippen molar-refractivity contribution in [2.24, 2.45) is 5.16 Å². The summed E-state index contributed by atoms with van der Waals surface area (Å²) in [5.41, 5.74) is 2.88. The van der Waals surface area contributed by atoms with Gasteiger partial charge in [0.05, 0.1) is 19.9 Å². The second kappa shape index (κ2) is 9.71. The lowest BCUT2D eigenvalue weighted by molar-refractivity contribution is 0.171. The lowest BCUT2D eigenvalue weighted by atomic mass is 9.91. The molecule has 0 spiro atoms. The first kappa shape index (κ1) is 21.7. The molecule has 32 heavy (non-hydrogen) atoms. The van der Waals surface area contributed by atoms with Crippen LogP contribution in [0.4, 0.5) is 0 Å². The van der Waals surface area contributed by atoms with Crippen LogP contribution < -0.4 is 23.7 Å². The van der Waals surface area contributed by atoms with Gasteiger partial charge in [-0.1, -0.05) is 17.0 Å². The topological polar surface area (TPSA) is 82.0 Å². The largest absolute Gasteiger partial charge is 0.492 e. The van der Waals surface area contributed by atoms with Gasteiger partial charge < -0.3 is 28.9 Å². The Labute approximate surface area is 187 Å². The highest BCUT2D eigenvalue weighted by Crippen LogP contribution is 2.49. The van der Waals surface area contributed by atoms with Gasteiger partial charge in [0.15, 0.2) is 23.0 Å². The molecule has 2 aromatic carbocycles. The van der Waals surface area contributed by atoms with Gasteiger partial charge in [0.25, 0.3) is 0 Å². The van der Waals surface area contributed by atoms with E-state index >= 15 is 0 Å². The Morgan fingerprint density at radius 2 is 2.12 bits per heavy atom. The van der Waals surface area contributed by atoms with Crippen LogP contribution >= 0.6 is 0 Å². The number of rotatable bonds is 6. The standard InChI is InChI=1S/C24H26N2O6/c1-4-29-20-12-16(14-25-27)7-8-19(20)30-11-5-6-18-22-17(9-10-26(18)2)13-21-23(24(22)28-3)32-15-31-21/h7-8,12-14,18,27H,4,9-11,15H2,1-3H3/b25-14-/t18-/m0/s1. The lowest BCUT2D eigenvalue weighted by Gasteiger charge is -2.32. The molecule has 2 aromatic rings. The fourth-order valence-electron chi connectivity index (χ4n) is 3.93. The molecule has 0 radical (unpaired) electrons. The van der Waals surface area contributed by atoms with Gasteiger partial charge in [0.2, 0.25) is 12.5 Å². The summed E-state index contributed by atoms with van der Waals surface area (Å²) in [6.07, 6.45) is 2.22. The third-order valence-electron chi connectivity index (χ3n) is 5.41. The maximum atomic E-state index is 8.74. The molecule has 0 aromatic heterocycles. The van der Waals surface area contributed by atoms with Crippen LogP contribution in [0.3, 0.4) is 0 Å². The molecule has 0 unspecified atom stereocenters. The van der Waals surface area contributed by atoms with E-state index in [1.165, 1.54) is 6.21 Å². The molecule has 2 heterocycles. The Bertz CT molecular complexity index is 1070. The number of hydrogen-bond donors (Lipinski definition) is 1. The van der Waals surface area contributed by atoms with Gasteiger partial charge in [-0.3, -0.25) is 4.90 Å². The van der Waals surface area contributed by atoms with E-state index in [2.05, 4.69) is 21.9 Å². The van der Waals surface area contributed by atoms with E-state index in [1.54, 1.807) is 25.3 Å². The summed E-state index contributed by atoms with van der Waals surface area (Å²) in [6, 6.07) is 7.19. The summed E-state index contributed by atoms with van der Waals surface area (Å²) in [5, 5.41) is 11.8. The van der Waals surface area contributed by atoms with Crippen molar-refractivity contribution in [3.05, 3.63) is 41.0 Å². The zero-order valence-corrected chi connectivity index (χ0v) is 18.4. The maximum Gasteiger partial charge on any atom is 0.231 e. The minimum absolute atomic E-state index is 0.152. The number of fused-ring (bicyclic) bond motifs is 2. The van der Waals surface area contributed by atoms with Crippen molar-refractivity contribution < 1.29 is 28.9 Å². The maximum absolute atomic E-state index is 8.74. The van der Waals surface area contributed by atoms with Crippen molar-refractivity contribution >= 4 is 6.21 Å². The fraction of sp³-hybridized carbons (Fsp3) is 0.375. The van der Waals surface area contributed by atoms with Crippen LogP contribution in [0.15, 0.2) is 29.4 Å². The van der Waals surface area contributed by atoms with Gasteiger partial charge in [-0.2, -0.15) is 0 Å². The molecule has 0 saturated carbocycles.